The number of thiazole rings is 1. The van der Waals surface area contributed by atoms with Crippen molar-refractivity contribution in [2.24, 2.45) is 5.16 Å². The number of aliphatic carboxylic acids is 1. The number of nitrogen functional groups attached to an aromatic ring is 1. The molecule has 0 spiro atoms. The number of nitrogens with two attached hydrogens (primary N) is 1. The van der Waals surface area contributed by atoms with Gasteiger partial charge in [0.1, 0.15) is 28.9 Å². The molecule has 11 nitrogen and oxygen atoms in total. The van der Waals surface area contributed by atoms with Crippen LogP contribution in [0.4, 0.5) is 5.13 Å². The van der Waals surface area contributed by atoms with Gasteiger partial charge in [0.2, 0.25) is 0 Å². The molecule has 1 aromatic heterocycles. The topological polar surface area (TPSA) is 150 Å². The summed E-state index contributed by atoms with van der Waals surface area (Å²) in [5, 5.41) is 17.9. The van der Waals surface area contributed by atoms with Crippen molar-refractivity contribution >= 4 is 51.7 Å². The van der Waals surface area contributed by atoms with Crippen LogP contribution in [0, 0.1) is 0 Å². The highest BCUT2D eigenvalue weighted by atomic mass is 32.2. The molecule has 2 amide bonds. The van der Waals surface area contributed by atoms with Crippen LogP contribution in [0.2, 0.25) is 0 Å². The molecule has 0 bridgehead atoms. The molecule has 0 aromatic carbocycles. The molecule has 0 radical (unpaired) electrons. The third kappa shape index (κ3) is 4.55. The number of carbonyl (C=O) groups is 3. The number of fused-ring (bicyclic) bond motifs is 1. The van der Waals surface area contributed by atoms with Crippen LogP contribution >= 0.6 is 23.1 Å². The summed E-state index contributed by atoms with van der Waals surface area (Å²) < 4.78 is 0. The standard InChI is InChI=1S/C21H24N6O5S2/c22-21-23-13(10-34-21)14(25-32-12-4-5-12)17(28)24-15-18(29)27-16(20(30)31)11(9-33-19(15)27)8-26-6-2-1-3-7-26/h1-2,10,12,15,19H,3-9H2,(H2,22,23)(H,24,28)(H,30,31)/t15-,19+/m1/s1. The van der Waals surface area contributed by atoms with E-state index in [1.54, 1.807) is 5.38 Å². The lowest BCUT2D eigenvalue weighted by atomic mass is 10.0. The number of oxime groups is 1. The van der Waals surface area contributed by atoms with E-state index in [1.165, 1.54) is 28.0 Å². The van der Waals surface area contributed by atoms with Crippen LogP contribution in [0.5, 0.6) is 0 Å². The Kier molecular flexibility index (Phi) is 6.32. The Bertz CT molecular complexity index is 1110. The smallest absolute Gasteiger partial charge is 0.352 e. The molecule has 1 saturated carbocycles. The monoisotopic (exact) mass is 504 g/mol. The minimum absolute atomic E-state index is 0.0204. The number of β-lactam (4-membered cyclic amide) rings is 1. The quantitative estimate of drug-likeness (QED) is 0.200. The van der Waals surface area contributed by atoms with Gasteiger partial charge in [-0.25, -0.2) is 9.78 Å². The summed E-state index contributed by atoms with van der Waals surface area (Å²) in [7, 11) is 0. The number of amides is 2. The van der Waals surface area contributed by atoms with Crippen LogP contribution < -0.4 is 11.1 Å². The first-order valence-corrected chi connectivity index (χ1v) is 12.9. The number of aromatic nitrogens is 1. The first-order chi connectivity index (χ1) is 16.4. The average Bonchev–Trinajstić information content (AvgIpc) is 3.56. The maximum absolute atomic E-state index is 13.0. The van der Waals surface area contributed by atoms with E-state index in [-0.39, 0.29) is 28.3 Å². The summed E-state index contributed by atoms with van der Waals surface area (Å²) in [5.74, 6) is -1.74. The van der Waals surface area contributed by atoms with Crippen molar-refractivity contribution in [1.29, 1.82) is 0 Å². The summed E-state index contributed by atoms with van der Waals surface area (Å²) in [5.41, 5.74) is 6.65. The van der Waals surface area contributed by atoms with E-state index in [2.05, 4.69) is 32.5 Å². The SMILES string of the molecule is Nc1nc(C(=NOC2CC2)C(=O)N[C@@H]2C(=O)N3C(C(=O)O)=C(CN4CC=CCC4)CS[C@@H]23)cs1. The van der Waals surface area contributed by atoms with Crippen LogP contribution in [-0.2, 0) is 19.2 Å². The predicted molar refractivity (Wildman–Crippen MR) is 127 cm³/mol. The van der Waals surface area contributed by atoms with Crippen molar-refractivity contribution in [3.05, 3.63) is 34.5 Å². The molecule has 1 saturated heterocycles. The molecule has 1 aliphatic carbocycles. The Morgan fingerprint density at radius 1 is 1.35 bits per heavy atom. The molecule has 1 aromatic rings. The lowest BCUT2D eigenvalue weighted by molar-refractivity contribution is -0.150. The van der Waals surface area contributed by atoms with Crippen molar-refractivity contribution in [3.63, 3.8) is 0 Å². The average molecular weight is 505 g/mol. The number of nitrogens with zero attached hydrogens (tertiary/aromatic N) is 4. The van der Waals surface area contributed by atoms with Gasteiger partial charge in [-0.15, -0.1) is 23.1 Å². The number of carboxylic acid groups (broad SMARTS) is 1. The van der Waals surface area contributed by atoms with E-state index < -0.39 is 29.2 Å². The van der Waals surface area contributed by atoms with Crippen LogP contribution in [0.15, 0.2) is 34.0 Å². The highest BCUT2D eigenvalue weighted by molar-refractivity contribution is 8.00. The van der Waals surface area contributed by atoms with Gasteiger partial charge >= 0.3 is 5.97 Å². The molecule has 34 heavy (non-hydrogen) atoms. The van der Waals surface area contributed by atoms with Crippen LogP contribution in [0.3, 0.4) is 0 Å². The molecular weight excluding hydrogens is 480 g/mol. The number of hydrogen-bond donors (Lipinski definition) is 3. The zero-order valence-electron chi connectivity index (χ0n) is 18.2. The van der Waals surface area contributed by atoms with Crippen LogP contribution in [0.1, 0.15) is 25.0 Å². The Labute approximate surface area is 203 Å². The van der Waals surface area contributed by atoms with Gasteiger partial charge in [0.05, 0.1) is 0 Å². The summed E-state index contributed by atoms with van der Waals surface area (Å²) in [6.07, 6.45) is 6.80. The highest BCUT2D eigenvalue weighted by Gasteiger charge is 2.54. The minimum atomic E-state index is -1.14. The molecule has 4 heterocycles. The fourth-order valence-corrected chi connectivity index (χ4v) is 5.90. The van der Waals surface area contributed by atoms with E-state index in [0.717, 1.165) is 32.4 Å². The van der Waals surface area contributed by atoms with E-state index in [1.807, 2.05) is 0 Å². The molecule has 4 N–H and O–H groups in total. The second-order valence-corrected chi connectivity index (χ2v) is 10.4. The van der Waals surface area contributed by atoms with Crippen molar-refractivity contribution in [3.8, 4) is 0 Å². The minimum Gasteiger partial charge on any atom is -0.477 e. The third-order valence-corrected chi connectivity index (χ3v) is 7.90. The maximum Gasteiger partial charge on any atom is 0.352 e. The number of thioether (sulfide) groups is 1. The third-order valence-electron chi connectivity index (χ3n) is 5.89. The van der Waals surface area contributed by atoms with Crippen molar-refractivity contribution in [2.75, 3.05) is 31.1 Å². The van der Waals surface area contributed by atoms with Crippen LogP contribution in [-0.4, -0.2) is 86.3 Å². The number of nitrogens with one attached hydrogen (secondary N) is 1. The fraction of sp³-hybridized carbons (Fsp3) is 0.476. The van der Waals surface area contributed by atoms with Gasteiger partial charge in [0, 0.05) is 30.8 Å². The van der Waals surface area contributed by atoms with Gasteiger partial charge in [-0.05, 0) is 24.8 Å². The van der Waals surface area contributed by atoms with Gasteiger partial charge < -0.3 is 21.0 Å². The van der Waals surface area contributed by atoms with E-state index in [0.29, 0.717) is 17.9 Å². The highest BCUT2D eigenvalue weighted by Crippen LogP contribution is 2.40. The Balaban J connectivity index is 1.31. The summed E-state index contributed by atoms with van der Waals surface area (Å²) in [6, 6.07) is -0.867. The molecular formula is C21H24N6O5S2. The van der Waals surface area contributed by atoms with E-state index in [9.17, 15) is 19.5 Å². The molecule has 5 rings (SSSR count). The van der Waals surface area contributed by atoms with Gasteiger partial charge in [-0.1, -0.05) is 17.3 Å². The first-order valence-electron chi connectivity index (χ1n) is 11.0. The second-order valence-electron chi connectivity index (χ2n) is 8.43. The Morgan fingerprint density at radius 3 is 2.82 bits per heavy atom. The molecule has 13 heteroatoms. The van der Waals surface area contributed by atoms with E-state index in [4.69, 9.17) is 10.6 Å². The van der Waals surface area contributed by atoms with Crippen molar-refractivity contribution in [1.82, 2.24) is 20.1 Å². The zero-order chi connectivity index (χ0) is 23.8. The molecule has 0 unspecified atom stereocenters. The van der Waals surface area contributed by atoms with Gasteiger partial charge in [0.15, 0.2) is 10.8 Å². The zero-order valence-corrected chi connectivity index (χ0v) is 19.8. The number of anilines is 1. The number of rotatable bonds is 8. The lowest BCUT2D eigenvalue weighted by Gasteiger charge is -2.49. The maximum atomic E-state index is 13.0. The number of hydrogen-bond acceptors (Lipinski definition) is 10. The number of carboxylic acids is 1. The van der Waals surface area contributed by atoms with Crippen molar-refractivity contribution in [2.45, 2.75) is 36.8 Å². The van der Waals surface area contributed by atoms with E-state index >= 15 is 0 Å². The molecule has 180 valence electrons. The molecule has 3 aliphatic heterocycles. The summed E-state index contributed by atoms with van der Waals surface area (Å²) in [6.45, 7) is 2.09. The summed E-state index contributed by atoms with van der Waals surface area (Å²) >= 11 is 2.61. The van der Waals surface area contributed by atoms with Crippen molar-refractivity contribution < 1.29 is 24.3 Å². The molecule has 2 fully saturated rings. The fourth-order valence-electron chi connectivity index (χ4n) is 4.02. The predicted octanol–water partition coefficient (Wildman–Crippen LogP) is 0.609. The van der Waals surface area contributed by atoms with Gasteiger partial charge in [-0.2, -0.15) is 0 Å². The molecule has 4 aliphatic rings. The Morgan fingerprint density at radius 2 is 2.18 bits per heavy atom. The van der Waals surface area contributed by atoms with Crippen LogP contribution in [0.25, 0.3) is 0 Å². The largest absolute Gasteiger partial charge is 0.477 e. The van der Waals surface area contributed by atoms with Gasteiger partial charge in [-0.3, -0.25) is 19.4 Å². The lowest BCUT2D eigenvalue weighted by Crippen LogP contribution is -2.71. The summed E-state index contributed by atoms with van der Waals surface area (Å²) in [4.78, 5) is 51.0. The Hall–Kier alpha value is -2.90. The normalized spacial score (nSPS) is 25.1. The second kappa shape index (κ2) is 9.39. The van der Waals surface area contributed by atoms with Gasteiger partial charge in [0.25, 0.3) is 11.8 Å². The first kappa shape index (κ1) is 22.9. The number of carbonyl (C=O) groups excluding carboxylic acids is 2. The molecule has 2 atom stereocenters.